The van der Waals surface area contributed by atoms with E-state index in [-0.39, 0.29) is 0 Å². The van der Waals surface area contributed by atoms with Gasteiger partial charge in [0, 0.05) is 21.5 Å². The van der Waals surface area contributed by atoms with Gasteiger partial charge in [0.05, 0.1) is 12.7 Å². The zero-order valence-electron chi connectivity index (χ0n) is 10.3. The van der Waals surface area contributed by atoms with Crippen LogP contribution in [0.2, 0.25) is 0 Å². The average Bonchev–Trinajstić information content (AvgIpc) is 2.42. The number of benzene rings is 2. The minimum Gasteiger partial charge on any atom is -0.465 e. The summed E-state index contributed by atoms with van der Waals surface area (Å²) in [5.74, 6) is -0.447. The van der Waals surface area contributed by atoms with Gasteiger partial charge in [-0.2, -0.15) is 0 Å². The molecule has 0 saturated carbocycles. The molecule has 98 valence electrons. The monoisotopic (exact) mass is 320 g/mol. The van der Waals surface area contributed by atoms with Gasteiger partial charge in [0.15, 0.2) is 0 Å². The molecule has 0 fully saturated rings. The maximum Gasteiger partial charge on any atom is 0.340 e. The van der Waals surface area contributed by atoms with Crippen LogP contribution in [0.5, 0.6) is 0 Å². The van der Waals surface area contributed by atoms with Crippen molar-refractivity contribution >= 4 is 39.0 Å². The van der Waals surface area contributed by atoms with E-state index in [0.717, 1.165) is 15.8 Å². The van der Waals surface area contributed by atoms with E-state index in [2.05, 4.69) is 26.0 Å². The first-order valence-electron chi connectivity index (χ1n) is 5.60. The van der Waals surface area contributed by atoms with Crippen LogP contribution in [-0.4, -0.2) is 13.1 Å². The van der Waals surface area contributed by atoms with Gasteiger partial charge < -0.3 is 15.8 Å². The van der Waals surface area contributed by atoms with Gasteiger partial charge in [0.1, 0.15) is 0 Å². The minimum atomic E-state index is -0.447. The Bertz CT molecular complexity index is 597. The number of hydrogen-bond donors (Lipinski definition) is 2. The van der Waals surface area contributed by atoms with E-state index >= 15 is 0 Å². The molecule has 0 aliphatic carbocycles. The first kappa shape index (κ1) is 13.4. The number of halogens is 1. The van der Waals surface area contributed by atoms with Crippen molar-refractivity contribution in [1.82, 2.24) is 0 Å². The lowest BCUT2D eigenvalue weighted by molar-refractivity contribution is 0.0602. The van der Waals surface area contributed by atoms with Crippen LogP contribution in [-0.2, 0) is 4.74 Å². The quantitative estimate of drug-likeness (QED) is 0.670. The van der Waals surface area contributed by atoms with Crippen molar-refractivity contribution in [3.05, 3.63) is 52.5 Å². The third-order valence-corrected chi connectivity index (χ3v) is 3.12. The molecule has 5 heteroatoms. The smallest absolute Gasteiger partial charge is 0.340 e. The summed E-state index contributed by atoms with van der Waals surface area (Å²) in [5, 5.41) is 3.19. The summed E-state index contributed by atoms with van der Waals surface area (Å²) >= 11 is 3.37. The highest BCUT2D eigenvalue weighted by atomic mass is 79.9. The number of nitrogen functional groups attached to an aromatic ring is 1. The second kappa shape index (κ2) is 5.75. The summed E-state index contributed by atoms with van der Waals surface area (Å²) in [6.45, 7) is 0. The topological polar surface area (TPSA) is 64.3 Å². The molecule has 0 unspecified atom stereocenters. The molecule has 2 rings (SSSR count). The number of esters is 1. The first-order chi connectivity index (χ1) is 9.10. The number of carbonyl (C=O) groups is 1. The largest absolute Gasteiger partial charge is 0.465 e. The Hall–Kier alpha value is -2.01. The number of ether oxygens (including phenoxy) is 1. The number of hydrogen-bond acceptors (Lipinski definition) is 4. The third-order valence-electron chi connectivity index (χ3n) is 2.59. The lowest BCUT2D eigenvalue weighted by atomic mass is 10.1. The molecule has 0 aromatic heterocycles. The van der Waals surface area contributed by atoms with Crippen molar-refractivity contribution in [1.29, 1.82) is 0 Å². The highest BCUT2D eigenvalue weighted by Gasteiger charge is 2.10. The van der Waals surface area contributed by atoms with Gasteiger partial charge >= 0.3 is 5.97 Å². The Balaban J connectivity index is 2.26. The van der Waals surface area contributed by atoms with E-state index in [4.69, 9.17) is 5.73 Å². The standard InChI is InChI=1S/C14H13BrN2O2/c1-19-14(18)12-8-11(6-7-13(12)16)17-10-4-2-9(15)3-5-10/h2-8,17H,16H2,1H3. The van der Waals surface area contributed by atoms with Gasteiger partial charge in [-0.1, -0.05) is 15.9 Å². The molecule has 2 aromatic rings. The van der Waals surface area contributed by atoms with Crippen LogP contribution in [0.15, 0.2) is 46.9 Å². The average molecular weight is 321 g/mol. The summed E-state index contributed by atoms with van der Waals surface area (Å²) in [7, 11) is 1.33. The highest BCUT2D eigenvalue weighted by Crippen LogP contribution is 2.23. The number of nitrogens with two attached hydrogens (primary N) is 1. The summed E-state index contributed by atoms with van der Waals surface area (Å²) < 4.78 is 5.69. The number of anilines is 3. The normalized spacial score (nSPS) is 10.0. The highest BCUT2D eigenvalue weighted by molar-refractivity contribution is 9.10. The predicted octanol–water partition coefficient (Wildman–Crippen LogP) is 3.56. The summed E-state index contributed by atoms with van der Waals surface area (Å²) in [6.07, 6.45) is 0. The van der Waals surface area contributed by atoms with E-state index in [1.807, 2.05) is 30.3 Å². The van der Waals surface area contributed by atoms with E-state index in [0.29, 0.717) is 11.3 Å². The third kappa shape index (κ3) is 3.26. The van der Waals surface area contributed by atoms with Crippen molar-refractivity contribution < 1.29 is 9.53 Å². The van der Waals surface area contributed by atoms with Crippen LogP contribution in [0.1, 0.15) is 10.4 Å². The van der Waals surface area contributed by atoms with Crippen LogP contribution >= 0.6 is 15.9 Å². The van der Waals surface area contributed by atoms with Gasteiger partial charge in [-0.15, -0.1) is 0 Å². The molecule has 0 heterocycles. The number of rotatable bonds is 3. The van der Waals surface area contributed by atoms with Crippen molar-refractivity contribution in [2.75, 3.05) is 18.2 Å². The van der Waals surface area contributed by atoms with E-state index in [1.54, 1.807) is 12.1 Å². The molecule has 0 radical (unpaired) electrons. The Morgan fingerprint density at radius 3 is 2.42 bits per heavy atom. The lowest BCUT2D eigenvalue weighted by Crippen LogP contribution is -2.06. The van der Waals surface area contributed by atoms with Crippen molar-refractivity contribution in [3.63, 3.8) is 0 Å². The number of methoxy groups -OCH3 is 1. The second-order valence-electron chi connectivity index (χ2n) is 3.93. The Morgan fingerprint density at radius 1 is 1.16 bits per heavy atom. The van der Waals surface area contributed by atoms with Crippen molar-refractivity contribution in [2.24, 2.45) is 0 Å². The molecule has 0 spiro atoms. The van der Waals surface area contributed by atoms with Gasteiger partial charge in [-0.3, -0.25) is 0 Å². The molecule has 3 N–H and O–H groups in total. The Labute approximate surface area is 119 Å². The maximum absolute atomic E-state index is 11.5. The second-order valence-corrected chi connectivity index (χ2v) is 4.84. The van der Waals surface area contributed by atoms with Crippen LogP contribution in [0, 0.1) is 0 Å². The van der Waals surface area contributed by atoms with Gasteiger partial charge in [0.25, 0.3) is 0 Å². The van der Waals surface area contributed by atoms with Crippen molar-refractivity contribution in [2.45, 2.75) is 0 Å². The fraction of sp³-hybridized carbons (Fsp3) is 0.0714. The van der Waals surface area contributed by atoms with Gasteiger partial charge in [0.2, 0.25) is 0 Å². The summed E-state index contributed by atoms with van der Waals surface area (Å²) in [4.78, 5) is 11.5. The summed E-state index contributed by atoms with van der Waals surface area (Å²) in [6, 6.07) is 12.9. The predicted molar refractivity (Wildman–Crippen MR) is 79.6 cm³/mol. The molecule has 0 atom stereocenters. The van der Waals surface area contributed by atoms with E-state index < -0.39 is 5.97 Å². The Morgan fingerprint density at radius 2 is 1.79 bits per heavy atom. The fourth-order valence-corrected chi connectivity index (χ4v) is 1.88. The molecule has 0 aliphatic heterocycles. The first-order valence-corrected chi connectivity index (χ1v) is 6.40. The van der Waals surface area contributed by atoms with Crippen LogP contribution in [0.4, 0.5) is 17.1 Å². The van der Waals surface area contributed by atoms with Crippen LogP contribution < -0.4 is 11.1 Å². The summed E-state index contributed by atoms with van der Waals surface area (Å²) in [5.41, 5.74) is 8.19. The van der Waals surface area contributed by atoms with Crippen LogP contribution in [0.3, 0.4) is 0 Å². The SMILES string of the molecule is COC(=O)c1cc(Nc2ccc(Br)cc2)ccc1N. The molecule has 0 aliphatic rings. The molecule has 0 saturated heterocycles. The lowest BCUT2D eigenvalue weighted by Gasteiger charge is -2.09. The molecule has 0 bridgehead atoms. The number of nitrogens with one attached hydrogen (secondary N) is 1. The molecule has 19 heavy (non-hydrogen) atoms. The minimum absolute atomic E-state index is 0.351. The van der Waals surface area contributed by atoms with Gasteiger partial charge in [-0.25, -0.2) is 4.79 Å². The van der Waals surface area contributed by atoms with Crippen LogP contribution in [0.25, 0.3) is 0 Å². The van der Waals surface area contributed by atoms with Crippen molar-refractivity contribution in [3.8, 4) is 0 Å². The van der Waals surface area contributed by atoms with E-state index in [9.17, 15) is 4.79 Å². The Kier molecular flexibility index (Phi) is 4.06. The number of carbonyl (C=O) groups excluding carboxylic acids is 1. The molecular formula is C14H13BrN2O2. The molecule has 0 amide bonds. The zero-order chi connectivity index (χ0) is 13.8. The van der Waals surface area contributed by atoms with E-state index in [1.165, 1.54) is 7.11 Å². The van der Waals surface area contributed by atoms with Gasteiger partial charge in [-0.05, 0) is 42.5 Å². The fourth-order valence-electron chi connectivity index (χ4n) is 1.62. The maximum atomic E-state index is 11.5. The molecule has 4 nitrogen and oxygen atoms in total. The zero-order valence-corrected chi connectivity index (χ0v) is 11.9. The molecule has 2 aromatic carbocycles. The molecular weight excluding hydrogens is 308 g/mol.